The van der Waals surface area contributed by atoms with Gasteiger partial charge in [-0.25, -0.2) is 0 Å². The number of rotatable bonds is 4. The summed E-state index contributed by atoms with van der Waals surface area (Å²) in [7, 11) is 0. The number of piperazine rings is 1. The third kappa shape index (κ3) is 4.69. The molecule has 0 aromatic rings. The van der Waals surface area contributed by atoms with Crippen LogP contribution in [0.5, 0.6) is 0 Å². The summed E-state index contributed by atoms with van der Waals surface area (Å²) in [4.78, 5) is 2.89. The molecule has 2 atom stereocenters. The maximum atomic E-state index is 3.83. The van der Waals surface area contributed by atoms with Gasteiger partial charge in [0, 0.05) is 31.2 Å². The zero-order valence-electron chi connectivity index (χ0n) is 15.3. The number of hydrogen-bond acceptors (Lipinski definition) is 2. The zero-order chi connectivity index (χ0) is 15.6. The van der Waals surface area contributed by atoms with Crippen molar-refractivity contribution in [3.05, 3.63) is 0 Å². The molecule has 2 heteroatoms. The Kier molecular flexibility index (Phi) is 5.76. The highest BCUT2D eigenvalue weighted by Gasteiger charge is 2.37. The van der Waals surface area contributed by atoms with Crippen molar-refractivity contribution in [1.29, 1.82) is 0 Å². The van der Waals surface area contributed by atoms with E-state index < -0.39 is 0 Å². The predicted octanol–water partition coefficient (Wildman–Crippen LogP) is 4.30. The van der Waals surface area contributed by atoms with Crippen LogP contribution in [0.4, 0.5) is 0 Å². The average Bonchev–Trinajstić information content (AvgIpc) is 2.37. The number of nitrogens with one attached hydrogen (secondary N) is 1. The van der Waals surface area contributed by atoms with Crippen LogP contribution >= 0.6 is 0 Å². The normalized spacial score (nSPS) is 32.0. The lowest BCUT2D eigenvalue weighted by molar-refractivity contribution is 0.0188. The van der Waals surface area contributed by atoms with Crippen LogP contribution < -0.4 is 5.32 Å². The van der Waals surface area contributed by atoms with Gasteiger partial charge in [-0.1, -0.05) is 41.5 Å². The highest BCUT2D eigenvalue weighted by Crippen LogP contribution is 2.38. The van der Waals surface area contributed by atoms with Crippen LogP contribution in [0.3, 0.4) is 0 Å². The van der Waals surface area contributed by atoms with E-state index in [-0.39, 0.29) is 0 Å². The first kappa shape index (κ1) is 17.3. The summed E-state index contributed by atoms with van der Waals surface area (Å²) in [6, 6.07) is 2.27. The van der Waals surface area contributed by atoms with Crippen molar-refractivity contribution in [3.63, 3.8) is 0 Å². The quantitative estimate of drug-likeness (QED) is 0.831. The summed E-state index contributed by atoms with van der Waals surface area (Å²) < 4.78 is 0. The molecule has 2 rings (SSSR count). The van der Waals surface area contributed by atoms with E-state index >= 15 is 0 Å². The van der Waals surface area contributed by atoms with Crippen molar-refractivity contribution >= 4 is 0 Å². The SMILES string of the molecule is CC(C)CC1CN(C2CCC(C)(C)CC2)C(C(C)C)CN1. The molecular weight excluding hydrogens is 256 g/mol. The van der Waals surface area contributed by atoms with Crippen LogP contribution in [-0.2, 0) is 0 Å². The van der Waals surface area contributed by atoms with Crippen molar-refractivity contribution in [1.82, 2.24) is 10.2 Å². The molecule has 2 fully saturated rings. The summed E-state index contributed by atoms with van der Waals surface area (Å²) in [6.07, 6.45) is 6.94. The molecule has 1 saturated carbocycles. The van der Waals surface area contributed by atoms with Crippen LogP contribution in [0.2, 0.25) is 0 Å². The molecule has 0 spiro atoms. The lowest BCUT2D eigenvalue weighted by Gasteiger charge is -2.49. The summed E-state index contributed by atoms with van der Waals surface area (Å²) >= 11 is 0. The van der Waals surface area contributed by atoms with Crippen LogP contribution in [0.25, 0.3) is 0 Å². The van der Waals surface area contributed by atoms with Gasteiger partial charge in [-0.3, -0.25) is 4.90 Å². The molecule has 1 saturated heterocycles. The first-order valence-corrected chi connectivity index (χ1v) is 9.27. The van der Waals surface area contributed by atoms with Crippen LogP contribution in [0.1, 0.15) is 73.6 Å². The second-order valence-corrected chi connectivity index (χ2v) is 9.14. The number of nitrogens with zero attached hydrogens (tertiary/aromatic N) is 1. The van der Waals surface area contributed by atoms with E-state index in [2.05, 4.69) is 51.8 Å². The van der Waals surface area contributed by atoms with Gasteiger partial charge in [0.05, 0.1) is 0 Å². The zero-order valence-corrected chi connectivity index (χ0v) is 15.3. The van der Waals surface area contributed by atoms with Crippen molar-refractivity contribution in [2.24, 2.45) is 17.3 Å². The van der Waals surface area contributed by atoms with E-state index in [0.29, 0.717) is 11.5 Å². The lowest BCUT2D eigenvalue weighted by atomic mass is 9.74. The van der Waals surface area contributed by atoms with Crippen molar-refractivity contribution in [2.75, 3.05) is 13.1 Å². The Morgan fingerprint density at radius 3 is 2.24 bits per heavy atom. The molecule has 1 heterocycles. The Balaban J connectivity index is 2.00. The van der Waals surface area contributed by atoms with Crippen molar-refractivity contribution < 1.29 is 0 Å². The third-order valence-electron chi connectivity index (χ3n) is 5.78. The molecule has 1 N–H and O–H groups in total. The summed E-state index contributed by atoms with van der Waals surface area (Å²) in [5, 5.41) is 3.83. The molecule has 2 aliphatic rings. The van der Waals surface area contributed by atoms with E-state index in [1.165, 1.54) is 45.2 Å². The Bertz CT molecular complexity index is 312. The first-order chi connectivity index (χ1) is 9.78. The molecule has 1 aliphatic heterocycles. The monoisotopic (exact) mass is 294 g/mol. The molecular formula is C19H38N2. The second-order valence-electron chi connectivity index (χ2n) is 9.14. The Hall–Kier alpha value is -0.0800. The number of hydrogen-bond donors (Lipinski definition) is 1. The van der Waals surface area contributed by atoms with Crippen LogP contribution in [0, 0.1) is 17.3 Å². The molecule has 0 aromatic heterocycles. The fourth-order valence-electron chi connectivity index (χ4n) is 4.34. The first-order valence-electron chi connectivity index (χ1n) is 9.27. The maximum Gasteiger partial charge on any atom is 0.0247 e. The maximum absolute atomic E-state index is 3.83. The van der Waals surface area contributed by atoms with Crippen molar-refractivity contribution in [3.8, 4) is 0 Å². The molecule has 2 nitrogen and oxygen atoms in total. The molecule has 0 bridgehead atoms. The summed E-state index contributed by atoms with van der Waals surface area (Å²) in [5.74, 6) is 1.55. The Morgan fingerprint density at radius 2 is 1.71 bits per heavy atom. The minimum absolute atomic E-state index is 0.579. The lowest BCUT2D eigenvalue weighted by Crippen LogP contribution is -2.61. The van der Waals surface area contributed by atoms with Gasteiger partial charge in [0.25, 0.3) is 0 Å². The second kappa shape index (κ2) is 7.00. The van der Waals surface area contributed by atoms with Crippen molar-refractivity contribution in [2.45, 2.75) is 91.8 Å². The summed E-state index contributed by atoms with van der Waals surface area (Å²) in [5.41, 5.74) is 0.579. The van der Waals surface area contributed by atoms with Gasteiger partial charge >= 0.3 is 0 Å². The Morgan fingerprint density at radius 1 is 1.10 bits per heavy atom. The van der Waals surface area contributed by atoms with E-state index in [1.54, 1.807) is 0 Å². The molecule has 0 amide bonds. The smallest absolute Gasteiger partial charge is 0.0247 e. The van der Waals surface area contributed by atoms with E-state index in [4.69, 9.17) is 0 Å². The minimum atomic E-state index is 0.579. The third-order valence-corrected chi connectivity index (χ3v) is 5.78. The standard InChI is InChI=1S/C19H38N2/c1-14(2)11-16-13-21(18(12-20-16)15(3)4)17-7-9-19(5,6)10-8-17/h14-18,20H,7-13H2,1-6H3. The molecule has 0 aromatic carbocycles. The fraction of sp³-hybridized carbons (Fsp3) is 1.00. The molecule has 124 valence electrons. The Labute approximate surface area is 133 Å². The predicted molar refractivity (Wildman–Crippen MR) is 92.6 cm³/mol. The van der Waals surface area contributed by atoms with E-state index in [0.717, 1.165) is 23.9 Å². The minimum Gasteiger partial charge on any atom is -0.311 e. The molecule has 2 unspecified atom stereocenters. The van der Waals surface area contributed by atoms with Gasteiger partial charge < -0.3 is 5.32 Å². The molecule has 1 aliphatic carbocycles. The van der Waals surface area contributed by atoms with Gasteiger partial charge in [0.2, 0.25) is 0 Å². The average molecular weight is 295 g/mol. The molecule has 0 radical (unpaired) electrons. The highest BCUT2D eigenvalue weighted by atomic mass is 15.3. The summed E-state index contributed by atoms with van der Waals surface area (Å²) in [6.45, 7) is 16.9. The largest absolute Gasteiger partial charge is 0.311 e. The van der Waals surface area contributed by atoms with Gasteiger partial charge in [-0.2, -0.15) is 0 Å². The highest BCUT2D eigenvalue weighted by molar-refractivity contribution is 4.94. The van der Waals surface area contributed by atoms with E-state index in [9.17, 15) is 0 Å². The van der Waals surface area contributed by atoms with Crippen LogP contribution in [-0.4, -0.2) is 36.1 Å². The van der Waals surface area contributed by atoms with Gasteiger partial charge in [0.1, 0.15) is 0 Å². The fourth-order valence-corrected chi connectivity index (χ4v) is 4.34. The van der Waals surface area contributed by atoms with Gasteiger partial charge in [-0.05, 0) is 49.4 Å². The van der Waals surface area contributed by atoms with Gasteiger partial charge in [0.15, 0.2) is 0 Å². The molecule has 21 heavy (non-hydrogen) atoms. The topological polar surface area (TPSA) is 15.3 Å². The van der Waals surface area contributed by atoms with E-state index in [1.807, 2.05) is 0 Å². The van der Waals surface area contributed by atoms with Gasteiger partial charge in [-0.15, -0.1) is 0 Å². The van der Waals surface area contributed by atoms with Crippen LogP contribution in [0.15, 0.2) is 0 Å².